The van der Waals surface area contributed by atoms with Crippen molar-refractivity contribution >= 4 is 23.0 Å². The highest BCUT2D eigenvalue weighted by atomic mass is 35.5. The minimum Gasteiger partial charge on any atom is -0.370 e. The van der Waals surface area contributed by atoms with E-state index in [0.717, 1.165) is 37.4 Å². The maximum atomic E-state index is 10.8. The molecule has 128 valence electrons. The highest BCUT2D eigenvalue weighted by molar-refractivity contribution is 6.33. The van der Waals surface area contributed by atoms with Crippen molar-refractivity contribution in [2.45, 2.75) is 38.6 Å². The molecule has 0 atom stereocenters. The normalized spacial score (nSPS) is 15.9. The zero-order valence-corrected chi connectivity index (χ0v) is 14.5. The molecule has 0 amide bonds. The number of nitro benzene ring substituents is 1. The third-order valence-corrected chi connectivity index (χ3v) is 4.80. The van der Waals surface area contributed by atoms with Gasteiger partial charge >= 0.3 is 0 Å². The van der Waals surface area contributed by atoms with E-state index in [9.17, 15) is 10.1 Å². The number of anilines is 1. The Bertz CT molecular complexity index is 738. The van der Waals surface area contributed by atoms with E-state index in [1.165, 1.54) is 12.1 Å². The quantitative estimate of drug-likeness (QED) is 0.619. The number of rotatable bonds is 4. The number of piperidine rings is 1. The number of nitro groups is 1. The van der Waals surface area contributed by atoms with Crippen LogP contribution < -0.4 is 4.90 Å². The van der Waals surface area contributed by atoms with Crippen molar-refractivity contribution in [1.29, 1.82) is 0 Å². The zero-order chi connectivity index (χ0) is 17.3. The summed E-state index contributed by atoms with van der Waals surface area (Å²) in [5.74, 6) is 1.42. The highest BCUT2D eigenvalue weighted by Crippen LogP contribution is 2.35. The number of halogens is 1. The maximum absolute atomic E-state index is 10.8. The molecular weight excluding hydrogens is 330 g/mol. The van der Waals surface area contributed by atoms with E-state index in [1.807, 2.05) is 0 Å². The number of hydrogen-bond acceptors (Lipinski definition) is 5. The summed E-state index contributed by atoms with van der Waals surface area (Å²) >= 11 is 6.24. The predicted molar refractivity (Wildman–Crippen MR) is 92.7 cm³/mol. The van der Waals surface area contributed by atoms with Crippen molar-refractivity contribution < 1.29 is 4.92 Å². The average Bonchev–Trinajstić information content (AvgIpc) is 3.05. The van der Waals surface area contributed by atoms with Gasteiger partial charge in [-0.15, -0.1) is 10.2 Å². The summed E-state index contributed by atoms with van der Waals surface area (Å²) in [7, 11) is 0. The standard InChI is InChI=1S/C16H20ClN5O2/c1-11(2)21-10-18-19-16(21)12-5-7-20(8-6-12)15-4-3-13(22(23)24)9-14(15)17/h3-4,9-12H,5-8H2,1-2H3. The SMILES string of the molecule is CC(C)n1cnnc1C1CCN(c2ccc([N+](=O)[O-])cc2Cl)CC1. The molecule has 1 aliphatic heterocycles. The molecule has 0 radical (unpaired) electrons. The molecule has 24 heavy (non-hydrogen) atoms. The van der Waals surface area contributed by atoms with Gasteiger partial charge in [0.05, 0.1) is 15.6 Å². The van der Waals surface area contributed by atoms with Crippen molar-refractivity contribution in [2.24, 2.45) is 0 Å². The summed E-state index contributed by atoms with van der Waals surface area (Å²) in [6.45, 7) is 5.93. The summed E-state index contributed by atoms with van der Waals surface area (Å²) < 4.78 is 2.12. The molecule has 0 spiro atoms. The molecule has 0 N–H and O–H groups in total. The van der Waals surface area contributed by atoms with Gasteiger partial charge in [-0.05, 0) is 32.8 Å². The Morgan fingerprint density at radius 2 is 2.04 bits per heavy atom. The molecule has 0 unspecified atom stereocenters. The van der Waals surface area contributed by atoms with E-state index in [1.54, 1.807) is 12.4 Å². The maximum Gasteiger partial charge on any atom is 0.271 e. The number of hydrogen-bond donors (Lipinski definition) is 0. The topological polar surface area (TPSA) is 77.1 Å². The molecule has 8 heteroatoms. The van der Waals surface area contributed by atoms with Gasteiger partial charge in [0.15, 0.2) is 0 Å². The monoisotopic (exact) mass is 349 g/mol. The summed E-state index contributed by atoms with van der Waals surface area (Å²) in [4.78, 5) is 12.6. The van der Waals surface area contributed by atoms with Gasteiger partial charge in [-0.25, -0.2) is 0 Å². The first-order valence-electron chi connectivity index (χ1n) is 8.05. The number of nitrogens with zero attached hydrogens (tertiary/aromatic N) is 5. The summed E-state index contributed by atoms with van der Waals surface area (Å²) in [5, 5.41) is 19.6. The minimum atomic E-state index is -0.430. The summed E-state index contributed by atoms with van der Waals surface area (Å²) in [5.41, 5.74) is 0.870. The molecule has 0 aliphatic carbocycles. The second kappa shape index (κ2) is 6.76. The van der Waals surface area contributed by atoms with Gasteiger partial charge in [0.25, 0.3) is 5.69 Å². The largest absolute Gasteiger partial charge is 0.370 e. The van der Waals surface area contributed by atoms with Gasteiger partial charge in [0.2, 0.25) is 0 Å². The molecule has 1 aromatic carbocycles. The first-order valence-corrected chi connectivity index (χ1v) is 8.43. The molecule has 7 nitrogen and oxygen atoms in total. The van der Waals surface area contributed by atoms with Crippen molar-refractivity contribution in [3.8, 4) is 0 Å². The molecule has 1 saturated heterocycles. The summed E-state index contributed by atoms with van der Waals surface area (Å²) in [6.07, 6.45) is 3.71. The van der Waals surface area contributed by atoms with Crippen molar-refractivity contribution in [2.75, 3.05) is 18.0 Å². The predicted octanol–water partition coefficient (Wildman–Crippen LogP) is 3.80. The molecule has 2 heterocycles. The zero-order valence-electron chi connectivity index (χ0n) is 13.7. The molecule has 0 saturated carbocycles. The van der Waals surface area contributed by atoms with Crippen LogP contribution in [0.4, 0.5) is 11.4 Å². The fourth-order valence-electron chi connectivity index (χ4n) is 3.19. The lowest BCUT2D eigenvalue weighted by molar-refractivity contribution is -0.384. The van der Waals surface area contributed by atoms with Crippen LogP contribution in [0, 0.1) is 10.1 Å². The van der Waals surface area contributed by atoms with Crippen LogP contribution >= 0.6 is 11.6 Å². The van der Waals surface area contributed by atoms with Gasteiger partial charge in [0, 0.05) is 37.2 Å². The lowest BCUT2D eigenvalue weighted by Gasteiger charge is -2.34. The van der Waals surface area contributed by atoms with Crippen LogP contribution in [-0.2, 0) is 0 Å². The van der Waals surface area contributed by atoms with Crippen LogP contribution in [0.3, 0.4) is 0 Å². The highest BCUT2D eigenvalue weighted by Gasteiger charge is 2.26. The van der Waals surface area contributed by atoms with Crippen LogP contribution in [0.25, 0.3) is 0 Å². The molecular formula is C16H20ClN5O2. The molecule has 3 rings (SSSR count). The lowest BCUT2D eigenvalue weighted by Crippen LogP contribution is -2.34. The number of non-ortho nitro benzene ring substituents is 1. The van der Waals surface area contributed by atoms with Crippen LogP contribution in [0.5, 0.6) is 0 Å². The first-order chi connectivity index (χ1) is 11.5. The van der Waals surface area contributed by atoms with E-state index in [-0.39, 0.29) is 5.69 Å². The van der Waals surface area contributed by atoms with Gasteiger partial charge in [-0.2, -0.15) is 0 Å². The van der Waals surface area contributed by atoms with Crippen LogP contribution in [0.1, 0.15) is 44.5 Å². The lowest BCUT2D eigenvalue weighted by atomic mass is 9.95. The third kappa shape index (κ3) is 3.21. The number of aromatic nitrogens is 3. The minimum absolute atomic E-state index is 0.0173. The number of benzene rings is 1. The van der Waals surface area contributed by atoms with Gasteiger partial charge in [-0.1, -0.05) is 11.6 Å². The van der Waals surface area contributed by atoms with Crippen LogP contribution in [0.2, 0.25) is 5.02 Å². The Labute approximate surface area is 145 Å². The second-order valence-corrected chi connectivity index (χ2v) is 6.75. The van der Waals surface area contributed by atoms with Gasteiger partial charge in [0.1, 0.15) is 12.2 Å². The molecule has 1 aromatic heterocycles. The van der Waals surface area contributed by atoms with E-state index in [4.69, 9.17) is 11.6 Å². The third-order valence-electron chi connectivity index (χ3n) is 4.50. The van der Waals surface area contributed by atoms with Gasteiger partial charge < -0.3 is 9.47 Å². The molecule has 2 aromatic rings. The summed E-state index contributed by atoms with van der Waals surface area (Å²) in [6, 6.07) is 5.00. The molecule has 1 fully saturated rings. The van der Waals surface area contributed by atoms with Crippen molar-refractivity contribution in [3.05, 3.63) is 45.5 Å². The fourth-order valence-corrected chi connectivity index (χ4v) is 3.48. The van der Waals surface area contributed by atoms with E-state index < -0.39 is 4.92 Å². The Balaban J connectivity index is 1.71. The van der Waals surface area contributed by atoms with Crippen molar-refractivity contribution in [3.63, 3.8) is 0 Å². The Hall–Kier alpha value is -2.15. The smallest absolute Gasteiger partial charge is 0.271 e. The molecule has 0 bridgehead atoms. The Morgan fingerprint density at radius 3 is 2.62 bits per heavy atom. The van der Waals surface area contributed by atoms with E-state index in [2.05, 4.69) is 33.5 Å². The van der Waals surface area contributed by atoms with Gasteiger partial charge in [-0.3, -0.25) is 10.1 Å². The second-order valence-electron chi connectivity index (χ2n) is 6.34. The Morgan fingerprint density at radius 1 is 1.33 bits per heavy atom. The van der Waals surface area contributed by atoms with Crippen molar-refractivity contribution in [1.82, 2.24) is 14.8 Å². The first kappa shape index (κ1) is 16.7. The van der Waals surface area contributed by atoms with Crippen LogP contribution in [-0.4, -0.2) is 32.8 Å². The molecule has 1 aliphatic rings. The average molecular weight is 350 g/mol. The van der Waals surface area contributed by atoms with Crippen LogP contribution in [0.15, 0.2) is 24.5 Å². The van der Waals surface area contributed by atoms with E-state index in [0.29, 0.717) is 17.0 Å². The fraction of sp³-hybridized carbons (Fsp3) is 0.500. The van der Waals surface area contributed by atoms with E-state index >= 15 is 0 Å². The Kier molecular flexibility index (Phi) is 4.71.